The fraction of sp³-hybridized carbons (Fsp3) is 0.391. The highest BCUT2D eigenvalue weighted by Crippen LogP contribution is 2.25. The van der Waals surface area contributed by atoms with Crippen LogP contribution in [0.2, 0.25) is 0 Å². The molecule has 1 heterocycles. The normalized spacial score (nSPS) is 14.6. The van der Waals surface area contributed by atoms with E-state index in [0.717, 1.165) is 24.3 Å². The average molecular weight is 395 g/mol. The van der Waals surface area contributed by atoms with Crippen molar-refractivity contribution in [1.82, 2.24) is 5.32 Å². The predicted molar refractivity (Wildman–Crippen MR) is 118 cm³/mol. The number of carbonyl (C=O) groups excluding carboxylic acids is 2. The number of anilines is 3. The number of amides is 3. The minimum atomic E-state index is -0.642. The standard InChI is InChI=1S/C23H30N4O2/c1-16(2)21(26-23(29)24-18-9-5-4-6-10-18)22(28)25-20-12-11-19(15-17(20)3)27-13-7-8-14-27/h4-6,9-12,15-16,21H,7-8,13-14H2,1-3H3,(H,25,28)(H2,24,26,29). The molecular formula is C23H30N4O2. The molecule has 1 fully saturated rings. The summed E-state index contributed by atoms with van der Waals surface area (Å²) >= 11 is 0. The van der Waals surface area contributed by atoms with Crippen LogP contribution in [0.25, 0.3) is 0 Å². The molecule has 0 radical (unpaired) electrons. The van der Waals surface area contributed by atoms with Crippen LogP contribution in [0.5, 0.6) is 0 Å². The molecule has 3 rings (SSSR count). The zero-order valence-electron chi connectivity index (χ0n) is 17.4. The second-order valence-corrected chi connectivity index (χ2v) is 7.87. The third kappa shape index (κ3) is 5.50. The SMILES string of the molecule is Cc1cc(N2CCCC2)ccc1NC(=O)C(NC(=O)Nc1ccccc1)C(C)C. The number of para-hydroxylation sites is 1. The molecule has 3 amide bonds. The molecule has 1 atom stereocenters. The lowest BCUT2D eigenvalue weighted by molar-refractivity contribution is -0.118. The number of nitrogens with zero attached hydrogens (tertiary/aromatic N) is 1. The molecule has 1 aliphatic rings. The van der Waals surface area contributed by atoms with Crippen molar-refractivity contribution in [2.45, 2.75) is 39.7 Å². The fourth-order valence-electron chi connectivity index (χ4n) is 3.54. The molecule has 154 valence electrons. The first-order chi connectivity index (χ1) is 13.9. The first-order valence-corrected chi connectivity index (χ1v) is 10.2. The van der Waals surface area contributed by atoms with Crippen molar-refractivity contribution in [3.8, 4) is 0 Å². The van der Waals surface area contributed by atoms with Crippen molar-refractivity contribution in [1.29, 1.82) is 0 Å². The lowest BCUT2D eigenvalue weighted by Crippen LogP contribution is -2.48. The van der Waals surface area contributed by atoms with Gasteiger partial charge in [0.1, 0.15) is 6.04 Å². The van der Waals surface area contributed by atoms with Crippen LogP contribution < -0.4 is 20.9 Å². The summed E-state index contributed by atoms with van der Waals surface area (Å²) in [5.74, 6) is -0.277. The van der Waals surface area contributed by atoms with Crippen LogP contribution in [0.4, 0.5) is 21.9 Å². The highest BCUT2D eigenvalue weighted by molar-refractivity contribution is 5.99. The Hall–Kier alpha value is -3.02. The fourth-order valence-corrected chi connectivity index (χ4v) is 3.54. The van der Waals surface area contributed by atoms with Crippen molar-refractivity contribution in [3.63, 3.8) is 0 Å². The molecule has 2 aromatic rings. The van der Waals surface area contributed by atoms with Gasteiger partial charge in [0.25, 0.3) is 0 Å². The molecule has 0 spiro atoms. The Bertz CT molecular complexity index is 845. The molecule has 6 nitrogen and oxygen atoms in total. The molecular weight excluding hydrogens is 364 g/mol. The van der Waals surface area contributed by atoms with Gasteiger partial charge in [0.15, 0.2) is 0 Å². The van der Waals surface area contributed by atoms with E-state index in [2.05, 4.69) is 26.9 Å². The molecule has 3 N–H and O–H groups in total. The number of hydrogen-bond donors (Lipinski definition) is 3. The van der Waals surface area contributed by atoms with E-state index in [1.807, 2.05) is 51.1 Å². The number of aryl methyl sites for hydroxylation is 1. The van der Waals surface area contributed by atoms with Gasteiger partial charge in [-0.2, -0.15) is 0 Å². The molecule has 1 unspecified atom stereocenters. The van der Waals surface area contributed by atoms with Crippen molar-refractivity contribution in [2.24, 2.45) is 5.92 Å². The van der Waals surface area contributed by atoms with Crippen molar-refractivity contribution < 1.29 is 9.59 Å². The van der Waals surface area contributed by atoms with E-state index in [0.29, 0.717) is 5.69 Å². The monoisotopic (exact) mass is 394 g/mol. The summed E-state index contributed by atoms with van der Waals surface area (Å²) in [5.41, 5.74) is 3.66. The van der Waals surface area contributed by atoms with Gasteiger partial charge < -0.3 is 20.9 Å². The van der Waals surface area contributed by atoms with E-state index in [-0.39, 0.29) is 11.8 Å². The number of nitrogens with one attached hydrogen (secondary N) is 3. The lowest BCUT2D eigenvalue weighted by atomic mass is 10.0. The highest BCUT2D eigenvalue weighted by atomic mass is 16.2. The van der Waals surface area contributed by atoms with Gasteiger partial charge in [0, 0.05) is 30.2 Å². The van der Waals surface area contributed by atoms with Crippen molar-refractivity contribution >= 4 is 29.0 Å². The maximum absolute atomic E-state index is 12.9. The summed E-state index contributed by atoms with van der Waals surface area (Å²) in [5, 5.41) is 8.53. The van der Waals surface area contributed by atoms with Crippen LogP contribution >= 0.6 is 0 Å². The van der Waals surface area contributed by atoms with Gasteiger partial charge >= 0.3 is 6.03 Å². The summed E-state index contributed by atoms with van der Waals surface area (Å²) < 4.78 is 0. The number of hydrogen-bond acceptors (Lipinski definition) is 3. The highest BCUT2D eigenvalue weighted by Gasteiger charge is 2.25. The Labute approximate surface area is 172 Å². The summed E-state index contributed by atoms with van der Waals surface area (Å²) in [6.45, 7) is 7.99. The Balaban J connectivity index is 1.64. The van der Waals surface area contributed by atoms with Gasteiger partial charge in [0.05, 0.1) is 0 Å². The Kier molecular flexibility index (Phi) is 6.75. The topological polar surface area (TPSA) is 73.5 Å². The van der Waals surface area contributed by atoms with Crippen molar-refractivity contribution in [3.05, 3.63) is 54.1 Å². The zero-order chi connectivity index (χ0) is 20.8. The van der Waals surface area contributed by atoms with Crippen LogP contribution in [0.1, 0.15) is 32.3 Å². The van der Waals surface area contributed by atoms with Crippen LogP contribution in [0, 0.1) is 12.8 Å². The summed E-state index contributed by atoms with van der Waals surface area (Å²) in [6.07, 6.45) is 2.45. The van der Waals surface area contributed by atoms with Gasteiger partial charge in [-0.25, -0.2) is 4.79 Å². The van der Waals surface area contributed by atoms with Gasteiger partial charge in [-0.05, 0) is 61.6 Å². The van der Waals surface area contributed by atoms with E-state index in [1.54, 1.807) is 12.1 Å². The quantitative estimate of drug-likeness (QED) is 0.681. The van der Waals surface area contributed by atoms with Gasteiger partial charge in [-0.3, -0.25) is 4.79 Å². The maximum Gasteiger partial charge on any atom is 0.319 e. The van der Waals surface area contributed by atoms with Gasteiger partial charge in [-0.1, -0.05) is 32.0 Å². The second kappa shape index (κ2) is 9.45. The van der Waals surface area contributed by atoms with Gasteiger partial charge in [-0.15, -0.1) is 0 Å². The largest absolute Gasteiger partial charge is 0.372 e. The molecule has 29 heavy (non-hydrogen) atoms. The van der Waals surface area contributed by atoms with E-state index >= 15 is 0 Å². The van der Waals surface area contributed by atoms with Gasteiger partial charge in [0.2, 0.25) is 5.91 Å². The Morgan fingerprint density at radius 3 is 2.28 bits per heavy atom. The molecule has 0 aliphatic carbocycles. The third-order valence-corrected chi connectivity index (χ3v) is 5.21. The van der Waals surface area contributed by atoms with Crippen LogP contribution in [-0.2, 0) is 4.79 Å². The summed E-state index contributed by atoms with van der Waals surface area (Å²) in [7, 11) is 0. The second-order valence-electron chi connectivity index (χ2n) is 7.87. The van der Waals surface area contributed by atoms with Crippen LogP contribution in [0.15, 0.2) is 48.5 Å². The van der Waals surface area contributed by atoms with Crippen molar-refractivity contribution in [2.75, 3.05) is 28.6 Å². The van der Waals surface area contributed by atoms with E-state index < -0.39 is 12.1 Å². The number of benzene rings is 2. The number of rotatable bonds is 6. The maximum atomic E-state index is 12.9. The van der Waals surface area contributed by atoms with E-state index in [4.69, 9.17) is 0 Å². The zero-order valence-corrected chi connectivity index (χ0v) is 17.4. The van der Waals surface area contributed by atoms with Crippen LogP contribution in [0.3, 0.4) is 0 Å². The minimum Gasteiger partial charge on any atom is -0.372 e. The van der Waals surface area contributed by atoms with E-state index in [1.165, 1.54) is 18.5 Å². The smallest absolute Gasteiger partial charge is 0.319 e. The Morgan fingerprint density at radius 2 is 1.66 bits per heavy atom. The molecule has 0 aromatic heterocycles. The predicted octanol–water partition coefficient (Wildman–Crippen LogP) is 4.38. The summed E-state index contributed by atoms with van der Waals surface area (Å²) in [4.78, 5) is 27.6. The number of urea groups is 1. The van der Waals surface area contributed by atoms with E-state index in [9.17, 15) is 9.59 Å². The minimum absolute atomic E-state index is 0.0549. The molecule has 6 heteroatoms. The average Bonchev–Trinajstić information content (AvgIpc) is 3.23. The molecule has 1 saturated heterocycles. The molecule has 2 aromatic carbocycles. The third-order valence-electron chi connectivity index (χ3n) is 5.21. The van der Waals surface area contributed by atoms with Crippen LogP contribution in [-0.4, -0.2) is 31.1 Å². The first kappa shape index (κ1) is 20.7. The molecule has 0 saturated carbocycles. The Morgan fingerprint density at radius 1 is 0.966 bits per heavy atom. The molecule has 0 bridgehead atoms. The lowest BCUT2D eigenvalue weighted by Gasteiger charge is -2.23. The first-order valence-electron chi connectivity index (χ1n) is 10.2. The molecule has 1 aliphatic heterocycles. The number of carbonyl (C=O) groups is 2. The summed E-state index contributed by atoms with van der Waals surface area (Å²) in [6, 6.07) is 14.2.